The molecule has 1 amide bonds. The zero-order chi connectivity index (χ0) is 19.5. The fourth-order valence-electron chi connectivity index (χ4n) is 2.43. The number of hydrogen-bond donors (Lipinski definition) is 4. The minimum atomic E-state index is -1.17. The Morgan fingerprint density at radius 3 is 2.46 bits per heavy atom. The number of nitrogens with zero attached hydrogens (tertiary/aromatic N) is 1. The van der Waals surface area contributed by atoms with Crippen molar-refractivity contribution in [2.24, 2.45) is 4.99 Å². The van der Waals surface area contributed by atoms with Gasteiger partial charge in [0.15, 0.2) is 5.96 Å². The minimum Gasteiger partial charge on any atom is -0.466 e. The lowest BCUT2D eigenvalue weighted by Gasteiger charge is -2.19. The Bertz CT molecular complexity index is 718. The number of furan rings is 1. The number of guanidine groups is 1. The van der Waals surface area contributed by atoms with Gasteiger partial charge in [-0.15, -0.1) is 24.0 Å². The molecule has 7 nitrogen and oxygen atoms in total. The molecule has 0 saturated heterocycles. The standard InChI is InChI=1S/C20H28N4O3.HI/c1-3-21-19(24-15-20(2,26)17-11-7-14-27-17)23-13-8-12-22-18(25)16-9-5-4-6-10-16;/h4-7,9-11,14,26H,3,8,12-13,15H2,1-2H3,(H,22,25)(H2,21,23,24);1H. The average Bonchev–Trinajstić information content (AvgIpc) is 3.22. The maximum absolute atomic E-state index is 12.0. The normalized spacial score (nSPS) is 13.2. The summed E-state index contributed by atoms with van der Waals surface area (Å²) in [4.78, 5) is 16.4. The number of hydrogen-bond acceptors (Lipinski definition) is 4. The van der Waals surface area contributed by atoms with E-state index in [-0.39, 0.29) is 36.4 Å². The van der Waals surface area contributed by atoms with Gasteiger partial charge in [0.25, 0.3) is 5.91 Å². The van der Waals surface area contributed by atoms with Crippen LogP contribution in [0.2, 0.25) is 0 Å². The van der Waals surface area contributed by atoms with Crippen LogP contribution < -0.4 is 16.0 Å². The minimum absolute atomic E-state index is 0. The number of aliphatic imine (C=N–C) groups is 1. The molecule has 1 unspecified atom stereocenters. The molecule has 0 saturated carbocycles. The van der Waals surface area contributed by atoms with Gasteiger partial charge in [-0.3, -0.25) is 4.79 Å². The van der Waals surface area contributed by atoms with Crippen LogP contribution in [0.1, 0.15) is 36.4 Å². The summed E-state index contributed by atoms with van der Waals surface area (Å²) in [5.41, 5.74) is -0.518. The summed E-state index contributed by atoms with van der Waals surface area (Å²) in [6.07, 6.45) is 2.28. The van der Waals surface area contributed by atoms with Gasteiger partial charge in [-0.1, -0.05) is 18.2 Å². The monoisotopic (exact) mass is 500 g/mol. The molecule has 1 aromatic carbocycles. The summed E-state index contributed by atoms with van der Waals surface area (Å²) in [5.74, 6) is 1.01. The smallest absolute Gasteiger partial charge is 0.251 e. The van der Waals surface area contributed by atoms with E-state index < -0.39 is 5.60 Å². The molecule has 28 heavy (non-hydrogen) atoms. The van der Waals surface area contributed by atoms with Gasteiger partial charge in [-0.25, -0.2) is 4.99 Å². The number of rotatable bonds is 9. The van der Waals surface area contributed by atoms with Crippen LogP contribution in [0.4, 0.5) is 0 Å². The number of nitrogens with one attached hydrogen (secondary N) is 3. The number of carbonyl (C=O) groups excluding carboxylic acids is 1. The first-order valence-corrected chi connectivity index (χ1v) is 9.14. The van der Waals surface area contributed by atoms with Crippen LogP contribution in [-0.2, 0) is 5.60 Å². The van der Waals surface area contributed by atoms with Gasteiger partial charge >= 0.3 is 0 Å². The van der Waals surface area contributed by atoms with E-state index in [1.807, 2.05) is 25.1 Å². The highest BCUT2D eigenvalue weighted by Gasteiger charge is 2.26. The predicted molar refractivity (Wildman–Crippen MR) is 121 cm³/mol. The van der Waals surface area contributed by atoms with E-state index in [9.17, 15) is 9.90 Å². The molecule has 0 radical (unpaired) electrons. The Kier molecular flexibility index (Phi) is 10.6. The van der Waals surface area contributed by atoms with Crippen molar-refractivity contribution < 1.29 is 14.3 Å². The Hall–Kier alpha value is -2.07. The summed E-state index contributed by atoms with van der Waals surface area (Å²) < 4.78 is 5.26. The van der Waals surface area contributed by atoms with Crippen LogP contribution in [0.15, 0.2) is 58.1 Å². The molecular formula is C20H29IN4O3. The lowest BCUT2D eigenvalue weighted by Crippen LogP contribution is -2.40. The molecule has 8 heteroatoms. The van der Waals surface area contributed by atoms with Crippen LogP contribution in [0.25, 0.3) is 0 Å². The second-order valence-corrected chi connectivity index (χ2v) is 6.35. The number of benzene rings is 1. The summed E-state index contributed by atoms with van der Waals surface area (Å²) in [6.45, 7) is 5.72. The molecule has 2 aromatic rings. The zero-order valence-corrected chi connectivity index (χ0v) is 18.6. The van der Waals surface area contributed by atoms with Crippen molar-refractivity contribution in [2.75, 3.05) is 26.2 Å². The van der Waals surface area contributed by atoms with Gasteiger partial charge in [0.1, 0.15) is 11.4 Å². The lowest BCUT2D eigenvalue weighted by atomic mass is 10.0. The maximum Gasteiger partial charge on any atom is 0.251 e. The topological polar surface area (TPSA) is 98.9 Å². The number of carbonyl (C=O) groups is 1. The maximum atomic E-state index is 12.0. The van der Waals surface area contributed by atoms with Gasteiger partial charge in [0.05, 0.1) is 12.8 Å². The van der Waals surface area contributed by atoms with Gasteiger partial charge in [0, 0.05) is 25.2 Å². The highest BCUT2D eigenvalue weighted by atomic mass is 127. The molecule has 154 valence electrons. The fourth-order valence-corrected chi connectivity index (χ4v) is 2.43. The number of aliphatic hydroxyl groups is 1. The van der Waals surface area contributed by atoms with E-state index in [1.54, 1.807) is 31.2 Å². The van der Waals surface area contributed by atoms with Gasteiger partial charge in [0.2, 0.25) is 0 Å². The Morgan fingerprint density at radius 1 is 1.11 bits per heavy atom. The molecule has 2 rings (SSSR count). The third-order valence-electron chi connectivity index (χ3n) is 3.91. The fraction of sp³-hybridized carbons (Fsp3) is 0.400. The molecule has 1 aromatic heterocycles. The first-order valence-electron chi connectivity index (χ1n) is 9.14. The van der Waals surface area contributed by atoms with Crippen LogP contribution >= 0.6 is 24.0 Å². The molecule has 4 N–H and O–H groups in total. The average molecular weight is 500 g/mol. The number of halogens is 1. The van der Waals surface area contributed by atoms with E-state index in [1.165, 1.54) is 6.26 Å². The molecule has 0 spiro atoms. The third kappa shape index (κ3) is 7.89. The molecule has 0 aliphatic carbocycles. The van der Waals surface area contributed by atoms with Gasteiger partial charge < -0.3 is 25.5 Å². The van der Waals surface area contributed by atoms with E-state index in [2.05, 4.69) is 20.9 Å². The first-order chi connectivity index (χ1) is 13.0. The van der Waals surface area contributed by atoms with Crippen LogP contribution in [0.3, 0.4) is 0 Å². The van der Waals surface area contributed by atoms with Crippen molar-refractivity contribution in [2.45, 2.75) is 25.9 Å². The summed E-state index contributed by atoms with van der Waals surface area (Å²) in [7, 11) is 0. The predicted octanol–water partition coefficient (Wildman–Crippen LogP) is 2.48. The van der Waals surface area contributed by atoms with Crippen molar-refractivity contribution in [1.82, 2.24) is 16.0 Å². The van der Waals surface area contributed by atoms with E-state index in [0.717, 1.165) is 6.42 Å². The molecule has 1 heterocycles. The summed E-state index contributed by atoms with van der Waals surface area (Å²) >= 11 is 0. The number of amides is 1. The summed E-state index contributed by atoms with van der Waals surface area (Å²) in [5, 5.41) is 19.7. The van der Waals surface area contributed by atoms with Crippen molar-refractivity contribution >= 4 is 35.8 Å². The highest BCUT2D eigenvalue weighted by molar-refractivity contribution is 14.0. The van der Waals surface area contributed by atoms with Crippen molar-refractivity contribution in [1.29, 1.82) is 0 Å². The van der Waals surface area contributed by atoms with Crippen molar-refractivity contribution in [3.8, 4) is 0 Å². The highest BCUT2D eigenvalue weighted by Crippen LogP contribution is 2.20. The molecule has 0 bridgehead atoms. The van der Waals surface area contributed by atoms with E-state index >= 15 is 0 Å². The third-order valence-corrected chi connectivity index (χ3v) is 3.91. The molecule has 1 atom stereocenters. The van der Waals surface area contributed by atoms with Crippen LogP contribution in [-0.4, -0.2) is 43.2 Å². The quantitative estimate of drug-likeness (QED) is 0.184. The van der Waals surface area contributed by atoms with Crippen LogP contribution in [0, 0.1) is 0 Å². The molecular weight excluding hydrogens is 471 g/mol. The zero-order valence-electron chi connectivity index (χ0n) is 16.3. The molecule has 0 aliphatic rings. The second kappa shape index (κ2) is 12.4. The molecule has 0 aliphatic heterocycles. The lowest BCUT2D eigenvalue weighted by molar-refractivity contribution is 0.0437. The van der Waals surface area contributed by atoms with Crippen LogP contribution in [0.5, 0.6) is 0 Å². The Balaban J connectivity index is 0.00000392. The molecule has 0 fully saturated rings. The first kappa shape index (κ1) is 24.0. The van der Waals surface area contributed by atoms with E-state index in [0.29, 0.717) is 36.9 Å². The van der Waals surface area contributed by atoms with E-state index in [4.69, 9.17) is 4.42 Å². The van der Waals surface area contributed by atoms with Crippen molar-refractivity contribution in [3.63, 3.8) is 0 Å². The largest absolute Gasteiger partial charge is 0.466 e. The van der Waals surface area contributed by atoms with Crippen molar-refractivity contribution in [3.05, 3.63) is 60.1 Å². The summed E-state index contributed by atoms with van der Waals surface area (Å²) in [6, 6.07) is 12.6. The second-order valence-electron chi connectivity index (χ2n) is 6.35. The van der Waals surface area contributed by atoms with Gasteiger partial charge in [-0.05, 0) is 44.5 Å². The Labute approximate surface area is 183 Å². The Morgan fingerprint density at radius 2 is 1.82 bits per heavy atom. The van der Waals surface area contributed by atoms with Gasteiger partial charge in [-0.2, -0.15) is 0 Å². The SMILES string of the molecule is CCNC(=NCC(C)(O)c1ccco1)NCCCNC(=O)c1ccccc1.I.